The van der Waals surface area contributed by atoms with Gasteiger partial charge in [-0.15, -0.1) is 0 Å². The maximum Gasteiger partial charge on any atom is 0.270 e. The fourth-order valence-corrected chi connectivity index (χ4v) is 3.66. The topological polar surface area (TPSA) is 82.9 Å². The zero-order chi connectivity index (χ0) is 21.7. The van der Waals surface area contributed by atoms with Crippen molar-refractivity contribution in [2.45, 2.75) is 45.4 Å². The van der Waals surface area contributed by atoms with Crippen LogP contribution in [-0.2, 0) is 16.1 Å². The molecule has 1 fully saturated rings. The molecule has 1 aromatic carbocycles. The van der Waals surface area contributed by atoms with Gasteiger partial charge in [0, 0.05) is 37.7 Å². The van der Waals surface area contributed by atoms with Crippen molar-refractivity contribution in [2.24, 2.45) is 0 Å². The average molecular weight is 415 g/mol. The fourth-order valence-electron chi connectivity index (χ4n) is 3.66. The third-order valence-corrected chi connectivity index (χ3v) is 5.08. The molecule has 1 aliphatic rings. The van der Waals surface area contributed by atoms with Crippen molar-refractivity contribution in [3.8, 4) is 22.8 Å². The predicted octanol–water partition coefficient (Wildman–Crippen LogP) is 2.34. The summed E-state index contributed by atoms with van der Waals surface area (Å²) >= 11 is 0. The minimum Gasteiger partial charge on any atom is -0.497 e. The van der Waals surface area contributed by atoms with E-state index in [4.69, 9.17) is 14.2 Å². The Bertz CT molecular complexity index is 915. The molecule has 1 aliphatic heterocycles. The predicted molar refractivity (Wildman–Crippen MR) is 113 cm³/mol. The van der Waals surface area contributed by atoms with Crippen molar-refractivity contribution in [2.75, 3.05) is 27.3 Å². The van der Waals surface area contributed by atoms with Crippen molar-refractivity contribution in [3.63, 3.8) is 0 Å². The highest BCUT2D eigenvalue weighted by Gasteiger charge is 2.25. The first-order chi connectivity index (χ1) is 14.4. The van der Waals surface area contributed by atoms with Crippen LogP contribution in [0, 0.1) is 0 Å². The van der Waals surface area contributed by atoms with Crippen LogP contribution in [0.3, 0.4) is 0 Å². The third kappa shape index (κ3) is 5.18. The van der Waals surface area contributed by atoms with E-state index in [0.29, 0.717) is 43.9 Å². The van der Waals surface area contributed by atoms with Crippen LogP contribution in [0.25, 0.3) is 11.3 Å². The van der Waals surface area contributed by atoms with E-state index in [-0.39, 0.29) is 23.7 Å². The molecular formula is C22H29N3O5. The van der Waals surface area contributed by atoms with E-state index in [2.05, 4.69) is 5.10 Å². The highest BCUT2D eigenvalue weighted by molar-refractivity contribution is 5.76. The molecule has 0 unspecified atom stereocenters. The van der Waals surface area contributed by atoms with Gasteiger partial charge in [0.15, 0.2) is 5.75 Å². The smallest absolute Gasteiger partial charge is 0.270 e. The highest BCUT2D eigenvalue weighted by Crippen LogP contribution is 2.27. The number of amides is 1. The van der Waals surface area contributed by atoms with Crippen molar-refractivity contribution in [3.05, 3.63) is 40.7 Å². The van der Waals surface area contributed by atoms with E-state index >= 15 is 0 Å². The number of rotatable bonds is 7. The molecular weight excluding hydrogens is 386 g/mol. The number of methoxy groups -OCH3 is 2. The van der Waals surface area contributed by atoms with Crippen molar-refractivity contribution in [1.29, 1.82) is 0 Å². The molecule has 2 atom stereocenters. The van der Waals surface area contributed by atoms with Gasteiger partial charge < -0.3 is 19.1 Å². The molecule has 8 heteroatoms. The van der Waals surface area contributed by atoms with Crippen LogP contribution in [0.2, 0.25) is 0 Å². The van der Waals surface area contributed by atoms with Crippen LogP contribution >= 0.6 is 0 Å². The van der Waals surface area contributed by atoms with Gasteiger partial charge in [0.25, 0.3) is 5.56 Å². The number of morpholine rings is 1. The molecule has 0 spiro atoms. The quantitative estimate of drug-likeness (QED) is 0.690. The van der Waals surface area contributed by atoms with Gasteiger partial charge in [0.05, 0.1) is 26.4 Å². The lowest BCUT2D eigenvalue weighted by atomic mass is 10.1. The van der Waals surface area contributed by atoms with Crippen LogP contribution in [0.4, 0.5) is 0 Å². The molecule has 162 valence electrons. The molecule has 1 amide bonds. The van der Waals surface area contributed by atoms with Gasteiger partial charge in [0.1, 0.15) is 11.4 Å². The molecule has 2 aromatic rings. The van der Waals surface area contributed by atoms with E-state index in [0.717, 1.165) is 11.3 Å². The lowest BCUT2D eigenvalue weighted by molar-refractivity contribution is -0.143. The largest absolute Gasteiger partial charge is 0.497 e. The Balaban J connectivity index is 1.70. The number of hydrogen-bond acceptors (Lipinski definition) is 6. The molecule has 8 nitrogen and oxygen atoms in total. The first kappa shape index (κ1) is 21.8. The Labute approximate surface area is 176 Å². The SMILES string of the molecule is COc1ccc(-c2nn(CCCC(=O)N3C[C@@H](C)O[C@@H](C)C3)c(=O)cc2OC)cc1. The summed E-state index contributed by atoms with van der Waals surface area (Å²) in [6.07, 6.45) is 0.962. The molecule has 1 aromatic heterocycles. The Morgan fingerprint density at radius 3 is 2.40 bits per heavy atom. The van der Waals surface area contributed by atoms with Gasteiger partial charge >= 0.3 is 0 Å². The summed E-state index contributed by atoms with van der Waals surface area (Å²) in [5, 5.41) is 4.50. The Kier molecular flexibility index (Phi) is 7.10. The van der Waals surface area contributed by atoms with Crippen LogP contribution < -0.4 is 15.0 Å². The Morgan fingerprint density at radius 2 is 1.80 bits per heavy atom. The number of carbonyl (C=O) groups excluding carboxylic acids is 1. The van der Waals surface area contributed by atoms with E-state index in [1.807, 2.05) is 43.0 Å². The van der Waals surface area contributed by atoms with E-state index in [9.17, 15) is 9.59 Å². The molecule has 0 bridgehead atoms. The summed E-state index contributed by atoms with van der Waals surface area (Å²) in [6, 6.07) is 8.81. The number of aromatic nitrogens is 2. The number of carbonyl (C=O) groups is 1. The second-order valence-corrected chi connectivity index (χ2v) is 7.51. The summed E-state index contributed by atoms with van der Waals surface area (Å²) < 4.78 is 17.6. The van der Waals surface area contributed by atoms with E-state index in [1.54, 1.807) is 7.11 Å². The number of ether oxygens (including phenoxy) is 3. The molecule has 2 heterocycles. The lowest BCUT2D eigenvalue weighted by Crippen LogP contribution is -2.48. The van der Waals surface area contributed by atoms with E-state index in [1.165, 1.54) is 17.9 Å². The maximum absolute atomic E-state index is 12.5. The molecule has 3 rings (SSSR count). The summed E-state index contributed by atoms with van der Waals surface area (Å²) in [7, 11) is 3.12. The number of hydrogen-bond donors (Lipinski definition) is 0. The van der Waals surface area contributed by atoms with Crippen LogP contribution in [-0.4, -0.2) is 60.1 Å². The first-order valence-corrected chi connectivity index (χ1v) is 10.1. The minimum absolute atomic E-state index is 0.0376. The fraction of sp³-hybridized carbons (Fsp3) is 0.500. The van der Waals surface area contributed by atoms with Crippen LogP contribution in [0.1, 0.15) is 26.7 Å². The molecule has 0 radical (unpaired) electrons. The molecule has 0 N–H and O–H groups in total. The highest BCUT2D eigenvalue weighted by atomic mass is 16.5. The van der Waals surface area contributed by atoms with Crippen LogP contribution in [0.5, 0.6) is 11.5 Å². The summed E-state index contributed by atoms with van der Waals surface area (Å²) in [5.74, 6) is 1.22. The molecule has 30 heavy (non-hydrogen) atoms. The summed E-state index contributed by atoms with van der Waals surface area (Å²) in [4.78, 5) is 26.8. The van der Waals surface area contributed by atoms with Gasteiger partial charge in [-0.2, -0.15) is 5.10 Å². The summed E-state index contributed by atoms with van der Waals surface area (Å²) in [6.45, 7) is 5.50. The van der Waals surface area contributed by atoms with Gasteiger partial charge in [-0.1, -0.05) is 0 Å². The number of benzene rings is 1. The number of nitrogens with zero attached hydrogens (tertiary/aromatic N) is 3. The molecule has 1 saturated heterocycles. The lowest BCUT2D eigenvalue weighted by Gasteiger charge is -2.35. The Hall–Kier alpha value is -2.87. The summed E-state index contributed by atoms with van der Waals surface area (Å²) in [5.41, 5.74) is 1.13. The molecule has 0 aliphatic carbocycles. The first-order valence-electron chi connectivity index (χ1n) is 10.1. The van der Waals surface area contributed by atoms with Crippen molar-refractivity contribution >= 4 is 5.91 Å². The third-order valence-electron chi connectivity index (χ3n) is 5.08. The normalized spacial score (nSPS) is 18.9. The van der Waals surface area contributed by atoms with Gasteiger partial charge in [-0.25, -0.2) is 4.68 Å². The zero-order valence-corrected chi connectivity index (χ0v) is 18.0. The maximum atomic E-state index is 12.5. The monoisotopic (exact) mass is 415 g/mol. The van der Waals surface area contributed by atoms with Gasteiger partial charge in [-0.05, 0) is 44.5 Å². The zero-order valence-electron chi connectivity index (χ0n) is 18.0. The Morgan fingerprint density at radius 1 is 1.13 bits per heavy atom. The van der Waals surface area contributed by atoms with E-state index < -0.39 is 0 Å². The standard InChI is InChI=1S/C22H29N3O5/c1-15-13-24(14-16(2)30-15)20(26)6-5-11-25-21(27)12-19(29-4)22(23-25)17-7-9-18(28-3)10-8-17/h7-10,12,15-16H,5-6,11,13-14H2,1-4H3/t15-,16+. The minimum atomic E-state index is -0.259. The van der Waals surface area contributed by atoms with Crippen molar-refractivity contribution < 1.29 is 19.0 Å². The second kappa shape index (κ2) is 9.75. The molecule has 0 saturated carbocycles. The average Bonchev–Trinajstić information content (AvgIpc) is 2.73. The second-order valence-electron chi connectivity index (χ2n) is 7.51. The van der Waals surface area contributed by atoms with Crippen LogP contribution in [0.15, 0.2) is 35.1 Å². The van der Waals surface area contributed by atoms with Gasteiger partial charge in [-0.3, -0.25) is 9.59 Å². The van der Waals surface area contributed by atoms with Crippen molar-refractivity contribution in [1.82, 2.24) is 14.7 Å². The number of aryl methyl sites for hydroxylation is 1. The van der Waals surface area contributed by atoms with Gasteiger partial charge in [0.2, 0.25) is 5.91 Å².